The Kier molecular flexibility index (Phi) is 7.34. The van der Waals surface area contributed by atoms with Gasteiger partial charge >= 0.3 is 0 Å². The third-order valence-corrected chi connectivity index (χ3v) is 5.68. The summed E-state index contributed by atoms with van der Waals surface area (Å²) in [6, 6.07) is 1.93. The highest BCUT2D eigenvalue weighted by atomic mass is 79.9. The van der Waals surface area contributed by atoms with Gasteiger partial charge in [-0.05, 0) is 31.3 Å². The number of rotatable bonds is 7. The maximum Gasteiger partial charge on any atom is 0.226 e. The highest BCUT2D eigenvalue weighted by Crippen LogP contribution is 2.25. The molecule has 2 aromatic rings. The molecule has 3 atom stereocenters. The molecule has 1 aliphatic heterocycles. The second-order valence-electron chi connectivity index (χ2n) is 7.54. The van der Waals surface area contributed by atoms with Gasteiger partial charge < -0.3 is 31.3 Å². The van der Waals surface area contributed by atoms with Crippen LogP contribution >= 0.6 is 15.9 Å². The molecule has 164 valence electrons. The van der Waals surface area contributed by atoms with Crippen LogP contribution in [0.2, 0.25) is 0 Å². The second kappa shape index (κ2) is 9.97. The van der Waals surface area contributed by atoms with Crippen molar-refractivity contribution in [3.8, 4) is 11.4 Å². The SMILES string of the molecule is C/C(Br)=C\Cn1c(-c2ccnc(N3CC(C)NC(/C(C=N)=C/N)C3C)n2)cnc1C=N. The Morgan fingerprint density at radius 2 is 2.13 bits per heavy atom. The lowest BCUT2D eigenvalue weighted by molar-refractivity contribution is 0.360. The van der Waals surface area contributed by atoms with E-state index in [1.807, 2.05) is 23.6 Å². The van der Waals surface area contributed by atoms with Crippen LogP contribution in [0.3, 0.4) is 0 Å². The first-order valence-corrected chi connectivity index (χ1v) is 10.9. The molecular weight excluding hydrogens is 458 g/mol. The molecular formula is C21H28BrN9. The number of hydrogen-bond acceptors (Lipinski definition) is 8. The molecule has 0 saturated carbocycles. The molecule has 0 aliphatic carbocycles. The van der Waals surface area contributed by atoms with Crippen molar-refractivity contribution >= 4 is 34.3 Å². The van der Waals surface area contributed by atoms with E-state index in [-0.39, 0.29) is 18.1 Å². The van der Waals surface area contributed by atoms with Gasteiger partial charge in [-0.1, -0.05) is 22.0 Å². The minimum atomic E-state index is -0.0967. The number of nitrogens with zero attached hydrogens (tertiary/aromatic N) is 5. The Hall–Kier alpha value is -2.85. The summed E-state index contributed by atoms with van der Waals surface area (Å²) in [5, 5.41) is 18.9. The molecule has 0 amide bonds. The number of aromatic nitrogens is 4. The van der Waals surface area contributed by atoms with Gasteiger partial charge in [0, 0.05) is 49.4 Å². The van der Waals surface area contributed by atoms with Crippen molar-refractivity contribution in [1.29, 1.82) is 10.8 Å². The number of anilines is 1. The molecule has 10 heteroatoms. The smallest absolute Gasteiger partial charge is 0.226 e. The molecule has 0 radical (unpaired) electrons. The summed E-state index contributed by atoms with van der Waals surface area (Å²) >= 11 is 3.46. The van der Waals surface area contributed by atoms with Crippen LogP contribution in [0.4, 0.5) is 5.95 Å². The van der Waals surface area contributed by atoms with E-state index in [9.17, 15) is 0 Å². The molecule has 0 spiro atoms. The number of hydrogen-bond donors (Lipinski definition) is 4. The van der Waals surface area contributed by atoms with Crippen molar-refractivity contribution in [2.75, 3.05) is 11.4 Å². The molecule has 3 unspecified atom stereocenters. The van der Waals surface area contributed by atoms with Crippen LogP contribution in [-0.4, -0.2) is 56.6 Å². The predicted molar refractivity (Wildman–Crippen MR) is 128 cm³/mol. The van der Waals surface area contributed by atoms with Gasteiger partial charge in [0.25, 0.3) is 0 Å². The lowest BCUT2D eigenvalue weighted by Crippen LogP contribution is -2.62. The first-order valence-electron chi connectivity index (χ1n) is 10.1. The average molecular weight is 486 g/mol. The van der Waals surface area contributed by atoms with Gasteiger partial charge in [0.1, 0.15) is 0 Å². The summed E-state index contributed by atoms with van der Waals surface area (Å²) in [6.45, 7) is 7.43. The topological polar surface area (TPSA) is 133 Å². The molecule has 0 bridgehead atoms. The van der Waals surface area contributed by atoms with Gasteiger partial charge in [0.15, 0.2) is 5.82 Å². The van der Waals surface area contributed by atoms with Crippen molar-refractivity contribution < 1.29 is 0 Å². The number of imidazole rings is 1. The van der Waals surface area contributed by atoms with Crippen LogP contribution in [0.15, 0.2) is 40.8 Å². The molecule has 5 N–H and O–H groups in total. The molecule has 1 saturated heterocycles. The van der Waals surface area contributed by atoms with Crippen LogP contribution in [0.25, 0.3) is 11.4 Å². The van der Waals surface area contributed by atoms with E-state index in [1.54, 1.807) is 12.4 Å². The number of piperazine rings is 1. The van der Waals surface area contributed by atoms with E-state index >= 15 is 0 Å². The zero-order valence-corrected chi connectivity index (χ0v) is 19.5. The standard InChI is InChI=1S/C21H28BrN9/c1-13(22)5-7-30-18(11-27-19(30)10-25)17-4-6-26-21(29-17)31-12-14(2)28-20(15(31)3)16(8-23)9-24/h4-6,8-11,14-15,20,23,25,28H,7,12,24H2,1-3H3/b13-5+,16-9+,23-8?,25-10?. The van der Waals surface area contributed by atoms with Gasteiger partial charge in [0.05, 0.1) is 29.8 Å². The zero-order valence-electron chi connectivity index (χ0n) is 17.9. The van der Waals surface area contributed by atoms with E-state index in [0.29, 0.717) is 18.3 Å². The van der Waals surface area contributed by atoms with Gasteiger partial charge in [0.2, 0.25) is 5.95 Å². The average Bonchev–Trinajstić information content (AvgIpc) is 3.18. The molecule has 1 aliphatic rings. The minimum absolute atomic E-state index is 0.00359. The maximum absolute atomic E-state index is 7.68. The van der Waals surface area contributed by atoms with Crippen molar-refractivity contribution in [3.63, 3.8) is 0 Å². The first-order chi connectivity index (χ1) is 14.9. The normalized spacial score (nSPS) is 22.5. The predicted octanol–water partition coefficient (Wildman–Crippen LogP) is 2.68. The van der Waals surface area contributed by atoms with E-state index in [1.165, 1.54) is 18.6 Å². The molecule has 2 aromatic heterocycles. The number of halogens is 1. The summed E-state index contributed by atoms with van der Waals surface area (Å²) in [4.78, 5) is 15.9. The number of nitrogens with two attached hydrogens (primary N) is 1. The minimum Gasteiger partial charge on any atom is -0.404 e. The van der Waals surface area contributed by atoms with E-state index < -0.39 is 0 Å². The van der Waals surface area contributed by atoms with E-state index in [0.717, 1.165) is 28.0 Å². The fourth-order valence-corrected chi connectivity index (χ4v) is 3.91. The largest absolute Gasteiger partial charge is 0.404 e. The Labute approximate surface area is 190 Å². The highest BCUT2D eigenvalue weighted by Gasteiger charge is 2.34. The fourth-order valence-electron chi connectivity index (χ4n) is 3.77. The summed E-state index contributed by atoms with van der Waals surface area (Å²) in [5.41, 5.74) is 8.04. The Balaban J connectivity index is 1.99. The fraction of sp³-hybridized carbons (Fsp3) is 0.381. The van der Waals surface area contributed by atoms with Crippen molar-refractivity contribution in [2.24, 2.45) is 5.73 Å². The third kappa shape index (κ3) is 4.91. The Morgan fingerprint density at radius 3 is 2.77 bits per heavy atom. The monoisotopic (exact) mass is 485 g/mol. The van der Waals surface area contributed by atoms with Gasteiger partial charge in [-0.25, -0.2) is 15.0 Å². The second-order valence-corrected chi connectivity index (χ2v) is 8.79. The summed E-state index contributed by atoms with van der Waals surface area (Å²) in [5.74, 6) is 1.18. The Bertz CT molecular complexity index is 1010. The van der Waals surface area contributed by atoms with Gasteiger partial charge in [-0.3, -0.25) is 0 Å². The van der Waals surface area contributed by atoms with Crippen molar-refractivity contribution in [1.82, 2.24) is 24.8 Å². The van der Waals surface area contributed by atoms with Crippen LogP contribution in [0.5, 0.6) is 0 Å². The highest BCUT2D eigenvalue weighted by molar-refractivity contribution is 9.11. The number of nitrogens with one attached hydrogen (secondary N) is 3. The van der Waals surface area contributed by atoms with Crippen molar-refractivity contribution in [2.45, 2.75) is 45.4 Å². The lowest BCUT2D eigenvalue weighted by atomic mass is 9.96. The lowest BCUT2D eigenvalue weighted by Gasteiger charge is -2.43. The summed E-state index contributed by atoms with van der Waals surface area (Å²) in [7, 11) is 0. The van der Waals surface area contributed by atoms with Crippen LogP contribution in [0.1, 0.15) is 26.6 Å². The summed E-state index contributed by atoms with van der Waals surface area (Å²) in [6.07, 6.45) is 9.51. The molecule has 3 heterocycles. The van der Waals surface area contributed by atoms with Crippen LogP contribution in [0, 0.1) is 10.8 Å². The molecule has 3 rings (SSSR count). The van der Waals surface area contributed by atoms with Gasteiger partial charge in [-0.2, -0.15) is 0 Å². The molecule has 1 fully saturated rings. The molecule has 31 heavy (non-hydrogen) atoms. The molecule has 9 nitrogen and oxygen atoms in total. The third-order valence-electron chi connectivity index (χ3n) is 5.36. The Morgan fingerprint density at radius 1 is 1.35 bits per heavy atom. The summed E-state index contributed by atoms with van der Waals surface area (Å²) < 4.78 is 2.96. The molecule has 0 aromatic carbocycles. The first kappa shape index (κ1) is 22.8. The van der Waals surface area contributed by atoms with Crippen LogP contribution < -0.4 is 16.0 Å². The van der Waals surface area contributed by atoms with E-state index in [4.69, 9.17) is 21.5 Å². The van der Waals surface area contributed by atoms with Gasteiger partial charge in [-0.15, -0.1) is 0 Å². The number of allylic oxidation sites excluding steroid dienone is 2. The maximum atomic E-state index is 7.68. The zero-order chi connectivity index (χ0) is 22.5. The van der Waals surface area contributed by atoms with Crippen molar-refractivity contribution in [3.05, 3.63) is 46.6 Å². The quantitative estimate of drug-likeness (QED) is 0.445. The van der Waals surface area contributed by atoms with Crippen LogP contribution in [-0.2, 0) is 6.54 Å². The van der Waals surface area contributed by atoms with E-state index in [2.05, 4.69) is 50.0 Å².